The number of rotatable bonds is 3. The van der Waals surface area contributed by atoms with Crippen molar-refractivity contribution in [2.45, 2.75) is 0 Å². The molecule has 0 aliphatic heterocycles. The molecule has 0 N–H and O–H groups in total. The molecule has 0 saturated heterocycles. The maximum absolute atomic E-state index is 12.2. The van der Waals surface area contributed by atoms with Gasteiger partial charge in [0.1, 0.15) is 5.69 Å². The number of isothiocyanates is 1. The van der Waals surface area contributed by atoms with E-state index < -0.39 is 0 Å². The van der Waals surface area contributed by atoms with Crippen molar-refractivity contribution in [2.75, 3.05) is 0 Å². The van der Waals surface area contributed by atoms with Crippen molar-refractivity contribution in [2.24, 2.45) is 4.99 Å². The summed E-state index contributed by atoms with van der Waals surface area (Å²) in [5.41, 5.74) is 1.53. The summed E-state index contributed by atoms with van der Waals surface area (Å²) in [4.78, 5) is 19.9. The number of aliphatic imine (C=N–C) groups is 1. The summed E-state index contributed by atoms with van der Waals surface area (Å²) in [5, 5.41) is 2.25. The number of ketones is 1. The van der Waals surface area contributed by atoms with Gasteiger partial charge in [0.15, 0.2) is 5.78 Å². The van der Waals surface area contributed by atoms with Crippen molar-refractivity contribution >= 4 is 28.8 Å². The fraction of sp³-hybridized carbons (Fsp3) is 0. The van der Waals surface area contributed by atoms with Crippen molar-refractivity contribution in [3.8, 4) is 0 Å². The van der Waals surface area contributed by atoms with Crippen LogP contribution in [0.3, 0.4) is 0 Å². The number of thiocarbonyl (C=S) groups is 1. The van der Waals surface area contributed by atoms with Gasteiger partial charge in [0, 0.05) is 11.8 Å². The number of nitrogens with zero attached hydrogens (tertiary/aromatic N) is 2. The largest absolute Gasteiger partial charge is 0.289 e. The van der Waals surface area contributed by atoms with Gasteiger partial charge in [-0.05, 0) is 18.3 Å². The lowest BCUT2D eigenvalue weighted by atomic mass is 10.0. The molecule has 0 radical (unpaired) electrons. The van der Waals surface area contributed by atoms with Gasteiger partial charge in [-0.1, -0.05) is 30.3 Å². The third kappa shape index (κ3) is 2.50. The third-order valence-electron chi connectivity index (χ3n) is 2.25. The topological polar surface area (TPSA) is 42.3 Å². The molecular weight excluding hydrogens is 232 g/mol. The average molecular weight is 240 g/mol. The summed E-state index contributed by atoms with van der Waals surface area (Å²) >= 11 is 4.54. The summed E-state index contributed by atoms with van der Waals surface area (Å²) in [7, 11) is 0. The third-order valence-corrected chi connectivity index (χ3v) is 2.34. The summed E-state index contributed by atoms with van der Waals surface area (Å²) in [6, 6.07) is 10.6. The number of aromatic nitrogens is 1. The Morgan fingerprint density at radius 2 is 2.00 bits per heavy atom. The first-order valence-corrected chi connectivity index (χ1v) is 5.35. The maximum atomic E-state index is 12.2. The predicted molar refractivity (Wildman–Crippen MR) is 68.8 cm³/mol. The lowest BCUT2D eigenvalue weighted by Gasteiger charge is -2.02. The van der Waals surface area contributed by atoms with Gasteiger partial charge < -0.3 is 0 Å². The summed E-state index contributed by atoms with van der Waals surface area (Å²) in [6.45, 7) is 0. The van der Waals surface area contributed by atoms with Crippen molar-refractivity contribution in [3.05, 3.63) is 59.9 Å². The molecule has 1 aromatic carbocycles. The molecule has 4 heteroatoms. The minimum atomic E-state index is -0.1000. The van der Waals surface area contributed by atoms with E-state index in [9.17, 15) is 4.79 Å². The molecular formula is C13H8N2OS. The summed E-state index contributed by atoms with van der Waals surface area (Å²) in [6.07, 6.45) is 3.05. The van der Waals surface area contributed by atoms with Crippen LogP contribution in [0.5, 0.6) is 0 Å². The fourth-order valence-electron chi connectivity index (χ4n) is 1.46. The molecule has 2 rings (SSSR count). The number of hydrogen-bond donors (Lipinski definition) is 0. The van der Waals surface area contributed by atoms with E-state index in [2.05, 4.69) is 27.4 Å². The highest BCUT2D eigenvalue weighted by Gasteiger charge is 2.12. The van der Waals surface area contributed by atoms with Crippen molar-refractivity contribution < 1.29 is 4.79 Å². The lowest BCUT2D eigenvalue weighted by Crippen LogP contribution is -2.01. The van der Waals surface area contributed by atoms with E-state index in [1.54, 1.807) is 24.4 Å². The Morgan fingerprint density at radius 1 is 1.24 bits per heavy atom. The van der Waals surface area contributed by atoms with Crippen molar-refractivity contribution in [1.29, 1.82) is 0 Å². The molecule has 0 bridgehead atoms. The highest BCUT2D eigenvalue weighted by Crippen LogP contribution is 2.20. The number of pyridine rings is 1. The quantitative estimate of drug-likeness (QED) is 0.470. The molecule has 17 heavy (non-hydrogen) atoms. The van der Waals surface area contributed by atoms with Gasteiger partial charge in [-0.15, -0.1) is 0 Å². The second-order valence-corrected chi connectivity index (χ2v) is 3.47. The van der Waals surface area contributed by atoms with Gasteiger partial charge in [0.2, 0.25) is 0 Å². The second-order valence-electron chi connectivity index (χ2n) is 3.29. The molecule has 2 aromatic rings. The highest BCUT2D eigenvalue weighted by molar-refractivity contribution is 7.78. The molecule has 0 aliphatic rings. The van der Waals surface area contributed by atoms with E-state index in [1.807, 2.05) is 18.2 Å². The Balaban J connectivity index is 2.48. The average Bonchev–Trinajstić information content (AvgIpc) is 2.40. The number of benzene rings is 1. The lowest BCUT2D eigenvalue weighted by molar-refractivity contribution is 0.103. The summed E-state index contributed by atoms with van der Waals surface area (Å²) < 4.78 is 0. The maximum Gasteiger partial charge on any atom is 0.195 e. The fourth-order valence-corrected chi connectivity index (χ4v) is 1.56. The smallest absolute Gasteiger partial charge is 0.195 e. The molecule has 0 atom stereocenters. The van der Waals surface area contributed by atoms with Crippen LogP contribution in [0.4, 0.5) is 5.69 Å². The van der Waals surface area contributed by atoms with E-state index in [0.717, 1.165) is 0 Å². The van der Waals surface area contributed by atoms with Crippen LogP contribution in [-0.2, 0) is 0 Å². The van der Waals surface area contributed by atoms with Crippen LogP contribution in [0.2, 0.25) is 0 Å². The van der Waals surface area contributed by atoms with Gasteiger partial charge in [-0.2, -0.15) is 4.99 Å². The normalized spacial score (nSPS) is 9.41. The molecule has 0 saturated carbocycles. The zero-order chi connectivity index (χ0) is 12.1. The zero-order valence-corrected chi connectivity index (χ0v) is 9.65. The van der Waals surface area contributed by atoms with Crippen molar-refractivity contribution in [1.82, 2.24) is 4.98 Å². The Kier molecular flexibility index (Phi) is 3.50. The van der Waals surface area contributed by atoms with Crippen LogP contribution >= 0.6 is 12.2 Å². The van der Waals surface area contributed by atoms with E-state index in [4.69, 9.17) is 0 Å². The number of hydrogen-bond acceptors (Lipinski definition) is 4. The van der Waals surface area contributed by atoms with Crippen molar-refractivity contribution in [3.63, 3.8) is 0 Å². The van der Waals surface area contributed by atoms with Gasteiger partial charge >= 0.3 is 0 Å². The molecule has 0 amide bonds. The van der Waals surface area contributed by atoms with Crippen LogP contribution in [-0.4, -0.2) is 15.9 Å². The summed E-state index contributed by atoms with van der Waals surface area (Å²) in [5.74, 6) is -0.1000. The molecule has 0 spiro atoms. The molecule has 1 heterocycles. The number of carbonyl (C=O) groups excluding carboxylic acids is 1. The van der Waals surface area contributed by atoms with Gasteiger partial charge in [0.25, 0.3) is 0 Å². The van der Waals surface area contributed by atoms with Gasteiger partial charge in [-0.25, -0.2) is 0 Å². The second kappa shape index (κ2) is 5.25. The molecule has 0 unspecified atom stereocenters. The van der Waals surface area contributed by atoms with Gasteiger partial charge in [-0.3, -0.25) is 9.78 Å². The van der Waals surface area contributed by atoms with E-state index in [1.165, 1.54) is 6.20 Å². The minimum Gasteiger partial charge on any atom is -0.289 e. The zero-order valence-electron chi connectivity index (χ0n) is 8.83. The first-order valence-electron chi connectivity index (χ1n) is 4.94. The van der Waals surface area contributed by atoms with Crippen LogP contribution in [0.25, 0.3) is 0 Å². The molecule has 82 valence electrons. The Bertz CT molecular complexity index is 589. The Morgan fingerprint density at radius 3 is 2.71 bits per heavy atom. The minimum absolute atomic E-state index is 0.1000. The SMILES string of the molecule is O=C(c1ccccc1)c1ccncc1N=C=S. The van der Waals surface area contributed by atoms with Crippen LogP contribution in [0.1, 0.15) is 15.9 Å². The molecule has 3 nitrogen and oxygen atoms in total. The van der Waals surface area contributed by atoms with Gasteiger partial charge in [0.05, 0.1) is 16.9 Å². The van der Waals surface area contributed by atoms with E-state index in [0.29, 0.717) is 16.8 Å². The van der Waals surface area contributed by atoms with E-state index in [-0.39, 0.29) is 5.78 Å². The molecule has 0 aliphatic carbocycles. The van der Waals surface area contributed by atoms with Crippen LogP contribution in [0, 0.1) is 0 Å². The first kappa shape index (κ1) is 11.3. The molecule has 1 aromatic heterocycles. The first-order chi connectivity index (χ1) is 8.33. The Hall–Kier alpha value is -2.16. The number of carbonyl (C=O) groups is 1. The predicted octanol–water partition coefficient (Wildman–Crippen LogP) is 3.05. The standard InChI is InChI=1S/C13H8N2OS/c16-13(10-4-2-1-3-5-10)11-6-7-14-8-12(11)15-9-17/h1-8H. The monoisotopic (exact) mass is 240 g/mol. The van der Waals surface area contributed by atoms with Crippen LogP contribution in [0.15, 0.2) is 53.8 Å². The molecule has 0 fully saturated rings. The highest BCUT2D eigenvalue weighted by atomic mass is 32.1. The van der Waals surface area contributed by atoms with Crippen LogP contribution < -0.4 is 0 Å². The van der Waals surface area contributed by atoms with E-state index >= 15 is 0 Å². The Labute approximate surface area is 104 Å².